The van der Waals surface area contributed by atoms with Gasteiger partial charge in [-0.3, -0.25) is 4.79 Å². The van der Waals surface area contributed by atoms with E-state index in [1.165, 1.54) is 0 Å². The molecule has 0 aliphatic heterocycles. The molecule has 0 aliphatic carbocycles. The summed E-state index contributed by atoms with van der Waals surface area (Å²) in [5.74, 6) is 0.853. The molecule has 0 fully saturated rings. The predicted molar refractivity (Wildman–Crippen MR) is 75.4 cm³/mol. The molecule has 2 N–H and O–H groups in total. The molecule has 19 heavy (non-hydrogen) atoms. The van der Waals surface area contributed by atoms with Gasteiger partial charge >= 0.3 is 0 Å². The standard InChI is InChI=1S/C15H23NO3/c1-10-8-14(19-4)12(3)11(2)13(10)9-16-15(18)6-5-7-17/h8,17H,5-7,9H2,1-4H3,(H,16,18). The van der Waals surface area contributed by atoms with Crippen LogP contribution in [-0.4, -0.2) is 24.7 Å². The Kier molecular flexibility index (Phi) is 5.83. The van der Waals surface area contributed by atoms with Gasteiger partial charge in [0.2, 0.25) is 5.91 Å². The smallest absolute Gasteiger partial charge is 0.220 e. The Morgan fingerprint density at radius 2 is 2.00 bits per heavy atom. The first-order valence-corrected chi connectivity index (χ1v) is 6.52. The van der Waals surface area contributed by atoms with Gasteiger partial charge in [-0.05, 0) is 55.5 Å². The Bertz CT molecular complexity index is 455. The van der Waals surface area contributed by atoms with Gasteiger partial charge in [-0.15, -0.1) is 0 Å². The van der Waals surface area contributed by atoms with Gasteiger partial charge < -0.3 is 15.2 Å². The Morgan fingerprint density at radius 3 is 2.58 bits per heavy atom. The van der Waals surface area contributed by atoms with Crippen LogP contribution in [0.25, 0.3) is 0 Å². The van der Waals surface area contributed by atoms with E-state index in [4.69, 9.17) is 9.84 Å². The molecule has 0 saturated carbocycles. The average molecular weight is 265 g/mol. The molecular weight excluding hydrogens is 242 g/mol. The molecule has 0 radical (unpaired) electrons. The summed E-state index contributed by atoms with van der Waals surface area (Å²) in [7, 11) is 1.66. The lowest BCUT2D eigenvalue weighted by atomic mass is 9.97. The maximum atomic E-state index is 11.6. The van der Waals surface area contributed by atoms with Gasteiger partial charge in [0.25, 0.3) is 0 Å². The topological polar surface area (TPSA) is 58.6 Å². The molecule has 1 rings (SSSR count). The SMILES string of the molecule is COc1cc(C)c(CNC(=O)CCCO)c(C)c1C. The molecule has 1 aromatic carbocycles. The molecule has 0 unspecified atom stereocenters. The summed E-state index contributed by atoms with van der Waals surface area (Å²) in [6, 6.07) is 2.00. The fourth-order valence-electron chi connectivity index (χ4n) is 2.10. The van der Waals surface area contributed by atoms with E-state index in [9.17, 15) is 4.79 Å². The highest BCUT2D eigenvalue weighted by Gasteiger charge is 2.11. The fourth-order valence-corrected chi connectivity index (χ4v) is 2.10. The molecule has 0 aliphatic rings. The summed E-state index contributed by atoms with van der Waals surface area (Å²) in [6.45, 7) is 6.65. The van der Waals surface area contributed by atoms with E-state index >= 15 is 0 Å². The van der Waals surface area contributed by atoms with Crippen molar-refractivity contribution in [3.63, 3.8) is 0 Å². The van der Waals surface area contributed by atoms with Crippen LogP contribution < -0.4 is 10.1 Å². The zero-order valence-corrected chi connectivity index (χ0v) is 12.2. The normalized spacial score (nSPS) is 10.4. The largest absolute Gasteiger partial charge is 0.496 e. The van der Waals surface area contributed by atoms with Crippen LogP contribution in [0.2, 0.25) is 0 Å². The molecule has 106 valence electrons. The zero-order valence-electron chi connectivity index (χ0n) is 12.2. The zero-order chi connectivity index (χ0) is 14.4. The number of hydrogen-bond donors (Lipinski definition) is 2. The van der Waals surface area contributed by atoms with Gasteiger partial charge in [-0.25, -0.2) is 0 Å². The molecule has 0 atom stereocenters. The highest BCUT2D eigenvalue weighted by atomic mass is 16.5. The first-order chi connectivity index (χ1) is 9.01. The van der Waals surface area contributed by atoms with Crippen molar-refractivity contribution in [2.24, 2.45) is 0 Å². The van der Waals surface area contributed by atoms with Gasteiger partial charge in [0.05, 0.1) is 7.11 Å². The quantitative estimate of drug-likeness (QED) is 0.827. The number of carbonyl (C=O) groups excluding carboxylic acids is 1. The number of amides is 1. The molecule has 1 aromatic rings. The van der Waals surface area contributed by atoms with Gasteiger partial charge in [0, 0.05) is 19.6 Å². The molecular formula is C15H23NO3. The van der Waals surface area contributed by atoms with E-state index < -0.39 is 0 Å². The van der Waals surface area contributed by atoms with Crippen molar-refractivity contribution in [2.45, 2.75) is 40.2 Å². The molecule has 0 aromatic heterocycles. The maximum Gasteiger partial charge on any atom is 0.220 e. The number of aliphatic hydroxyl groups excluding tert-OH is 1. The number of methoxy groups -OCH3 is 1. The number of ether oxygens (including phenoxy) is 1. The summed E-state index contributed by atoms with van der Waals surface area (Å²) in [6.07, 6.45) is 0.870. The van der Waals surface area contributed by atoms with E-state index in [1.54, 1.807) is 7.11 Å². The number of nitrogens with one attached hydrogen (secondary N) is 1. The van der Waals surface area contributed by atoms with Crippen molar-refractivity contribution < 1.29 is 14.6 Å². The van der Waals surface area contributed by atoms with Crippen molar-refractivity contribution in [3.8, 4) is 5.75 Å². The third-order valence-electron chi connectivity index (χ3n) is 3.45. The minimum Gasteiger partial charge on any atom is -0.496 e. The van der Waals surface area contributed by atoms with Crippen LogP contribution >= 0.6 is 0 Å². The first-order valence-electron chi connectivity index (χ1n) is 6.52. The first kappa shape index (κ1) is 15.5. The van der Waals surface area contributed by atoms with E-state index in [2.05, 4.69) is 5.32 Å². The van der Waals surface area contributed by atoms with Gasteiger partial charge in [0.1, 0.15) is 5.75 Å². The van der Waals surface area contributed by atoms with Crippen molar-refractivity contribution in [3.05, 3.63) is 28.3 Å². The Labute approximate surface area is 114 Å². The van der Waals surface area contributed by atoms with E-state index in [0.29, 0.717) is 19.4 Å². The number of hydrogen-bond acceptors (Lipinski definition) is 3. The molecule has 4 nitrogen and oxygen atoms in total. The number of carbonyl (C=O) groups is 1. The van der Waals surface area contributed by atoms with Crippen molar-refractivity contribution in [2.75, 3.05) is 13.7 Å². The number of rotatable bonds is 6. The lowest BCUT2D eigenvalue weighted by Gasteiger charge is -2.16. The van der Waals surface area contributed by atoms with Crippen LogP contribution in [0.4, 0.5) is 0 Å². The molecule has 4 heteroatoms. The Morgan fingerprint density at radius 1 is 1.32 bits per heavy atom. The number of aryl methyl sites for hydroxylation is 1. The maximum absolute atomic E-state index is 11.6. The van der Waals surface area contributed by atoms with E-state index in [-0.39, 0.29) is 12.5 Å². The molecule has 1 amide bonds. The fraction of sp³-hybridized carbons (Fsp3) is 0.533. The Hall–Kier alpha value is -1.55. The second-order valence-electron chi connectivity index (χ2n) is 4.73. The van der Waals surface area contributed by atoms with Crippen LogP contribution in [0.15, 0.2) is 6.07 Å². The monoisotopic (exact) mass is 265 g/mol. The van der Waals surface area contributed by atoms with E-state index in [1.807, 2.05) is 26.8 Å². The van der Waals surface area contributed by atoms with Crippen LogP contribution in [0.5, 0.6) is 5.75 Å². The average Bonchev–Trinajstić information content (AvgIpc) is 2.40. The van der Waals surface area contributed by atoms with Crippen molar-refractivity contribution in [1.82, 2.24) is 5.32 Å². The third-order valence-corrected chi connectivity index (χ3v) is 3.45. The number of aliphatic hydroxyl groups is 1. The molecule has 0 spiro atoms. The Balaban J connectivity index is 2.79. The molecule has 0 bridgehead atoms. The predicted octanol–water partition coefficient (Wildman–Crippen LogP) is 2.01. The second-order valence-corrected chi connectivity index (χ2v) is 4.73. The third kappa shape index (κ3) is 3.96. The van der Waals surface area contributed by atoms with Crippen molar-refractivity contribution in [1.29, 1.82) is 0 Å². The summed E-state index contributed by atoms with van der Waals surface area (Å²) >= 11 is 0. The lowest BCUT2D eigenvalue weighted by molar-refractivity contribution is -0.121. The summed E-state index contributed by atoms with van der Waals surface area (Å²) in [5, 5.41) is 11.6. The molecule has 0 heterocycles. The second kappa shape index (κ2) is 7.14. The molecule has 0 saturated heterocycles. The van der Waals surface area contributed by atoms with Gasteiger partial charge in [-0.2, -0.15) is 0 Å². The van der Waals surface area contributed by atoms with Crippen LogP contribution in [0.3, 0.4) is 0 Å². The van der Waals surface area contributed by atoms with Gasteiger partial charge in [-0.1, -0.05) is 0 Å². The van der Waals surface area contributed by atoms with Gasteiger partial charge in [0.15, 0.2) is 0 Å². The number of benzene rings is 1. The highest BCUT2D eigenvalue weighted by Crippen LogP contribution is 2.27. The summed E-state index contributed by atoms with van der Waals surface area (Å²) in [4.78, 5) is 11.6. The van der Waals surface area contributed by atoms with Crippen LogP contribution in [-0.2, 0) is 11.3 Å². The lowest BCUT2D eigenvalue weighted by Crippen LogP contribution is -2.23. The van der Waals surface area contributed by atoms with Crippen LogP contribution in [0.1, 0.15) is 35.1 Å². The van der Waals surface area contributed by atoms with Crippen molar-refractivity contribution >= 4 is 5.91 Å². The summed E-state index contributed by atoms with van der Waals surface area (Å²) in [5.41, 5.74) is 4.50. The van der Waals surface area contributed by atoms with Crippen LogP contribution in [0, 0.1) is 20.8 Å². The minimum absolute atomic E-state index is 0.0266. The minimum atomic E-state index is -0.0266. The highest BCUT2D eigenvalue weighted by molar-refractivity contribution is 5.76. The summed E-state index contributed by atoms with van der Waals surface area (Å²) < 4.78 is 5.33. The van der Waals surface area contributed by atoms with E-state index in [0.717, 1.165) is 28.0 Å².